The van der Waals surface area contributed by atoms with Crippen LogP contribution in [0.2, 0.25) is 0 Å². The highest BCUT2D eigenvalue weighted by molar-refractivity contribution is 7.89. The van der Waals surface area contributed by atoms with Gasteiger partial charge in [-0.3, -0.25) is 9.69 Å². The molecule has 1 amide bonds. The summed E-state index contributed by atoms with van der Waals surface area (Å²) in [5, 5.41) is 2.67. The predicted octanol–water partition coefficient (Wildman–Crippen LogP) is 3.67. The van der Waals surface area contributed by atoms with E-state index in [4.69, 9.17) is 0 Å². The molecule has 0 bridgehead atoms. The van der Waals surface area contributed by atoms with Crippen molar-refractivity contribution in [3.8, 4) is 0 Å². The minimum Gasteiger partial charge on any atom is -0.325 e. The molecule has 0 atom stereocenters. The topological polar surface area (TPSA) is 69.7 Å². The summed E-state index contributed by atoms with van der Waals surface area (Å²) in [6, 6.07) is 8.89. The van der Waals surface area contributed by atoms with E-state index in [9.17, 15) is 39.6 Å². The van der Waals surface area contributed by atoms with E-state index in [1.807, 2.05) is 0 Å². The Kier molecular flexibility index (Phi) is 7.05. The molecule has 2 aromatic carbocycles. The number of amides is 1. The van der Waals surface area contributed by atoms with Crippen molar-refractivity contribution in [3.05, 3.63) is 59.7 Å². The lowest BCUT2D eigenvalue weighted by molar-refractivity contribution is -0.143. The zero-order valence-electron chi connectivity index (χ0n) is 16.9. The zero-order chi connectivity index (χ0) is 24.4. The number of piperazine rings is 1. The first-order valence-electron chi connectivity index (χ1n) is 9.64. The van der Waals surface area contributed by atoms with Crippen molar-refractivity contribution >= 4 is 21.6 Å². The molecule has 1 aliphatic rings. The molecule has 0 unspecified atom stereocenters. The number of alkyl halides is 6. The monoisotopic (exact) mass is 495 g/mol. The highest BCUT2D eigenvalue weighted by Gasteiger charge is 2.39. The number of para-hydroxylation sites is 1. The van der Waals surface area contributed by atoms with Crippen LogP contribution in [0.3, 0.4) is 0 Å². The van der Waals surface area contributed by atoms with Crippen molar-refractivity contribution in [2.75, 3.05) is 38.0 Å². The zero-order valence-corrected chi connectivity index (χ0v) is 17.8. The second-order valence-corrected chi connectivity index (χ2v) is 9.27. The molecule has 13 heteroatoms. The first-order valence-corrected chi connectivity index (χ1v) is 11.1. The van der Waals surface area contributed by atoms with Crippen molar-refractivity contribution in [2.45, 2.75) is 17.2 Å². The van der Waals surface area contributed by atoms with Gasteiger partial charge in [-0.25, -0.2) is 8.42 Å². The number of hydrogen-bond donors (Lipinski definition) is 1. The normalized spacial score (nSPS) is 16.5. The fraction of sp³-hybridized carbons (Fsp3) is 0.350. The molecule has 1 heterocycles. The van der Waals surface area contributed by atoms with E-state index in [1.54, 1.807) is 35.2 Å². The van der Waals surface area contributed by atoms with Crippen LogP contribution in [0, 0.1) is 0 Å². The molecule has 0 aromatic heterocycles. The van der Waals surface area contributed by atoms with Gasteiger partial charge >= 0.3 is 12.4 Å². The second-order valence-electron chi connectivity index (χ2n) is 7.34. The standard InChI is InChI=1S/C20H19F6N3O3S/c21-19(22,23)14-10-15(20(24,25)26)12-17(11-14)33(31,32)29-8-6-28(7-9-29)13-18(30)27-16-4-2-1-3-5-16/h1-5,10-12H,6-9,13H2,(H,27,30). The molecule has 6 nitrogen and oxygen atoms in total. The maximum absolute atomic E-state index is 13.1. The lowest BCUT2D eigenvalue weighted by Gasteiger charge is -2.33. The third-order valence-corrected chi connectivity index (χ3v) is 6.83. The highest BCUT2D eigenvalue weighted by atomic mass is 32.2. The quantitative estimate of drug-likeness (QED) is 0.643. The van der Waals surface area contributed by atoms with E-state index >= 15 is 0 Å². The molecule has 33 heavy (non-hydrogen) atoms. The molecular formula is C20H19F6N3O3S. The van der Waals surface area contributed by atoms with E-state index < -0.39 is 38.4 Å². The van der Waals surface area contributed by atoms with Gasteiger partial charge in [0.05, 0.1) is 22.6 Å². The molecule has 1 aliphatic heterocycles. The third-order valence-electron chi connectivity index (χ3n) is 4.95. The van der Waals surface area contributed by atoms with Gasteiger partial charge in [0.25, 0.3) is 0 Å². The van der Waals surface area contributed by atoms with E-state index in [2.05, 4.69) is 5.32 Å². The van der Waals surface area contributed by atoms with Crippen LogP contribution in [-0.2, 0) is 27.2 Å². The highest BCUT2D eigenvalue weighted by Crippen LogP contribution is 2.37. The lowest BCUT2D eigenvalue weighted by Crippen LogP contribution is -2.50. The first kappa shape index (κ1) is 25.0. The summed E-state index contributed by atoms with van der Waals surface area (Å²) >= 11 is 0. The summed E-state index contributed by atoms with van der Waals surface area (Å²) in [5.74, 6) is -0.342. The Morgan fingerprint density at radius 3 is 1.85 bits per heavy atom. The van der Waals surface area contributed by atoms with Crippen molar-refractivity contribution in [2.24, 2.45) is 0 Å². The average molecular weight is 495 g/mol. The number of carbonyl (C=O) groups is 1. The number of rotatable bonds is 5. The van der Waals surface area contributed by atoms with Crippen LogP contribution in [0.4, 0.5) is 32.0 Å². The van der Waals surface area contributed by atoms with Gasteiger partial charge in [-0.1, -0.05) is 18.2 Å². The molecule has 0 aliphatic carbocycles. The maximum Gasteiger partial charge on any atom is 0.416 e. The molecule has 3 rings (SSSR count). The minimum atomic E-state index is -5.16. The number of nitrogens with one attached hydrogen (secondary N) is 1. The number of hydrogen-bond acceptors (Lipinski definition) is 4. The number of benzene rings is 2. The fourth-order valence-corrected chi connectivity index (χ4v) is 4.77. The summed E-state index contributed by atoms with van der Waals surface area (Å²) in [6.45, 7) is -0.291. The largest absolute Gasteiger partial charge is 0.416 e. The van der Waals surface area contributed by atoms with E-state index in [0.717, 1.165) is 4.31 Å². The van der Waals surface area contributed by atoms with Gasteiger partial charge in [-0.2, -0.15) is 30.6 Å². The SMILES string of the molecule is O=C(CN1CCN(S(=O)(=O)c2cc(C(F)(F)F)cc(C(F)(F)F)c2)CC1)Nc1ccccc1. The number of sulfonamides is 1. The second kappa shape index (κ2) is 9.31. The fourth-order valence-electron chi connectivity index (χ4n) is 3.28. The van der Waals surface area contributed by atoms with Crippen LogP contribution < -0.4 is 5.32 Å². The first-order chi connectivity index (χ1) is 15.3. The van der Waals surface area contributed by atoms with Gasteiger partial charge in [-0.05, 0) is 30.3 Å². The van der Waals surface area contributed by atoms with Crippen molar-refractivity contribution < 1.29 is 39.6 Å². The van der Waals surface area contributed by atoms with Crippen molar-refractivity contribution in [1.82, 2.24) is 9.21 Å². The number of carbonyl (C=O) groups excluding carboxylic acids is 1. The van der Waals surface area contributed by atoms with Gasteiger partial charge in [0.2, 0.25) is 15.9 Å². The molecular weight excluding hydrogens is 476 g/mol. The van der Waals surface area contributed by atoms with Gasteiger partial charge < -0.3 is 5.32 Å². The summed E-state index contributed by atoms with van der Waals surface area (Å²) < 4.78 is 105. The molecule has 0 saturated carbocycles. The van der Waals surface area contributed by atoms with E-state index in [0.29, 0.717) is 5.69 Å². The van der Waals surface area contributed by atoms with Gasteiger partial charge in [0, 0.05) is 31.9 Å². The molecule has 1 fully saturated rings. The Hall–Kier alpha value is -2.64. The summed E-state index contributed by atoms with van der Waals surface area (Å²) in [5.41, 5.74) is -2.83. The molecule has 2 aromatic rings. The Labute approximate surface area is 185 Å². The Morgan fingerprint density at radius 2 is 1.36 bits per heavy atom. The Morgan fingerprint density at radius 1 is 0.848 bits per heavy atom. The maximum atomic E-state index is 13.1. The molecule has 0 spiro atoms. The van der Waals surface area contributed by atoms with Gasteiger partial charge in [-0.15, -0.1) is 0 Å². The van der Waals surface area contributed by atoms with Crippen LogP contribution in [-0.4, -0.2) is 56.3 Å². The Bertz CT molecular complexity index is 1060. The van der Waals surface area contributed by atoms with E-state index in [-0.39, 0.29) is 56.8 Å². The third kappa shape index (κ3) is 6.24. The molecule has 180 valence electrons. The summed E-state index contributed by atoms with van der Waals surface area (Å²) in [4.78, 5) is 12.7. The summed E-state index contributed by atoms with van der Waals surface area (Å²) in [6.07, 6.45) is -10.3. The summed E-state index contributed by atoms with van der Waals surface area (Å²) in [7, 11) is -4.62. The van der Waals surface area contributed by atoms with Crippen molar-refractivity contribution in [1.29, 1.82) is 0 Å². The number of nitrogens with zero attached hydrogens (tertiary/aromatic N) is 2. The minimum absolute atomic E-state index is 0.0510. The number of halogens is 6. The predicted molar refractivity (Wildman–Crippen MR) is 107 cm³/mol. The van der Waals surface area contributed by atoms with Gasteiger partial charge in [0.15, 0.2) is 0 Å². The van der Waals surface area contributed by atoms with Crippen LogP contribution >= 0.6 is 0 Å². The average Bonchev–Trinajstić information content (AvgIpc) is 2.73. The van der Waals surface area contributed by atoms with Crippen LogP contribution in [0.15, 0.2) is 53.4 Å². The van der Waals surface area contributed by atoms with Crippen molar-refractivity contribution in [3.63, 3.8) is 0 Å². The van der Waals surface area contributed by atoms with Gasteiger partial charge in [0.1, 0.15) is 0 Å². The number of anilines is 1. The van der Waals surface area contributed by atoms with E-state index in [1.165, 1.54) is 0 Å². The molecule has 0 radical (unpaired) electrons. The molecule has 1 N–H and O–H groups in total. The van der Waals surface area contributed by atoms with Crippen LogP contribution in [0.25, 0.3) is 0 Å². The van der Waals surface area contributed by atoms with Crippen LogP contribution in [0.1, 0.15) is 11.1 Å². The smallest absolute Gasteiger partial charge is 0.325 e. The molecule has 1 saturated heterocycles. The van der Waals surface area contributed by atoms with Crippen LogP contribution in [0.5, 0.6) is 0 Å². The Balaban J connectivity index is 1.71. The lowest BCUT2D eigenvalue weighted by atomic mass is 10.1.